The van der Waals surface area contributed by atoms with Gasteiger partial charge in [-0.2, -0.15) is 0 Å². The Morgan fingerprint density at radius 2 is 2.13 bits per heavy atom. The van der Waals surface area contributed by atoms with Crippen LogP contribution in [0.4, 0.5) is 8.78 Å². The Balaban J connectivity index is 3.14. The maximum atomic E-state index is 12.4. The average molecular weight is 214 g/mol. The van der Waals surface area contributed by atoms with E-state index in [0.717, 1.165) is 0 Å². The molecule has 0 aliphatic heterocycles. The lowest BCUT2D eigenvalue weighted by Gasteiger charge is -2.09. The van der Waals surface area contributed by atoms with E-state index in [2.05, 4.69) is 0 Å². The van der Waals surface area contributed by atoms with E-state index < -0.39 is 6.43 Å². The summed E-state index contributed by atoms with van der Waals surface area (Å²) >= 11 is 0. The molecule has 0 amide bonds. The first kappa shape index (κ1) is 11.6. The molecule has 0 saturated heterocycles. The molecule has 1 aromatic carbocycles. The molecule has 82 valence electrons. The Morgan fingerprint density at radius 3 is 2.60 bits per heavy atom. The molecule has 0 spiro atoms. The summed E-state index contributed by atoms with van der Waals surface area (Å²) in [5.41, 5.74) is 0.0401. The summed E-state index contributed by atoms with van der Waals surface area (Å²) in [4.78, 5) is 11.2. The largest absolute Gasteiger partial charge is 0.493 e. The normalized spacial score (nSPS) is 10.5. The van der Waals surface area contributed by atoms with E-state index in [9.17, 15) is 13.6 Å². The third kappa shape index (κ3) is 2.75. The number of halogens is 2. The Bertz CT molecular complexity index is 362. The minimum absolute atomic E-state index is 0.163. The summed E-state index contributed by atoms with van der Waals surface area (Å²) < 4.78 is 29.9. The topological polar surface area (TPSA) is 26.3 Å². The van der Waals surface area contributed by atoms with Gasteiger partial charge in [-0.3, -0.25) is 4.79 Å². The highest BCUT2D eigenvalue weighted by molar-refractivity contribution is 5.97. The number of hydrogen-bond donors (Lipinski definition) is 0. The van der Waals surface area contributed by atoms with Crippen LogP contribution in [0.1, 0.15) is 36.2 Å². The Hall–Kier alpha value is -1.45. The summed E-state index contributed by atoms with van der Waals surface area (Å²) in [5.74, 6) is 0.0790. The van der Waals surface area contributed by atoms with Crippen molar-refractivity contribution in [1.29, 1.82) is 0 Å². The molecule has 0 aromatic heterocycles. The highest BCUT2D eigenvalue weighted by atomic mass is 19.3. The number of carbonyl (C=O) groups excluding carboxylic acids is 1. The smallest absolute Gasteiger partial charge is 0.263 e. The Morgan fingerprint density at radius 1 is 1.47 bits per heavy atom. The van der Waals surface area contributed by atoms with E-state index in [-0.39, 0.29) is 16.9 Å². The molecule has 0 bridgehead atoms. The van der Waals surface area contributed by atoms with Gasteiger partial charge in [0.2, 0.25) is 0 Å². The van der Waals surface area contributed by atoms with Gasteiger partial charge in [0.15, 0.2) is 5.78 Å². The van der Waals surface area contributed by atoms with Crippen molar-refractivity contribution in [3.05, 3.63) is 29.3 Å². The zero-order valence-electron chi connectivity index (χ0n) is 8.59. The molecule has 15 heavy (non-hydrogen) atoms. The predicted molar refractivity (Wildman–Crippen MR) is 52.6 cm³/mol. The van der Waals surface area contributed by atoms with Crippen LogP contribution >= 0.6 is 0 Å². The number of hydrogen-bond acceptors (Lipinski definition) is 2. The van der Waals surface area contributed by atoms with Crippen molar-refractivity contribution in [1.82, 2.24) is 0 Å². The van der Waals surface area contributed by atoms with Gasteiger partial charge in [-0.25, -0.2) is 8.78 Å². The molecule has 0 unspecified atom stereocenters. The Labute approximate surface area is 86.9 Å². The molecule has 0 aliphatic rings. The van der Waals surface area contributed by atoms with Crippen LogP contribution in [0.15, 0.2) is 18.2 Å². The van der Waals surface area contributed by atoms with E-state index in [1.54, 1.807) is 6.92 Å². The summed E-state index contributed by atoms with van der Waals surface area (Å²) in [6.45, 7) is 3.49. The highest BCUT2D eigenvalue weighted by Crippen LogP contribution is 2.26. The molecule has 0 saturated carbocycles. The molecule has 0 atom stereocenters. The van der Waals surface area contributed by atoms with Gasteiger partial charge in [0, 0.05) is 5.56 Å². The van der Waals surface area contributed by atoms with Crippen LogP contribution in [-0.4, -0.2) is 12.4 Å². The molecule has 2 nitrogen and oxygen atoms in total. The zero-order chi connectivity index (χ0) is 11.4. The fraction of sp³-hybridized carbons (Fsp3) is 0.364. The van der Waals surface area contributed by atoms with E-state index in [1.165, 1.54) is 25.1 Å². The van der Waals surface area contributed by atoms with E-state index >= 15 is 0 Å². The number of benzene rings is 1. The van der Waals surface area contributed by atoms with Gasteiger partial charge in [0.05, 0.1) is 12.2 Å². The van der Waals surface area contributed by atoms with Gasteiger partial charge in [0.1, 0.15) is 5.75 Å². The minimum atomic E-state index is -2.57. The van der Waals surface area contributed by atoms with Crippen LogP contribution in [0.2, 0.25) is 0 Å². The molecule has 0 N–H and O–H groups in total. The van der Waals surface area contributed by atoms with Gasteiger partial charge < -0.3 is 4.74 Å². The first-order valence-corrected chi connectivity index (χ1v) is 4.62. The maximum Gasteiger partial charge on any atom is 0.263 e. The summed E-state index contributed by atoms with van der Waals surface area (Å²) in [7, 11) is 0. The molecule has 1 rings (SSSR count). The number of carbonyl (C=O) groups is 1. The van der Waals surface area contributed by atoms with Crippen LogP contribution in [0, 0.1) is 0 Å². The first-order valence-electron chi connectivity index (χ1n) is 4.62. The van der Waals surface area contributed by atoms with Crippen LogP contribution in [0.5, 0.6) is 5.75 Å². The van der Waals surface area contributed by atoms with Crippen molar-refractivity contribution >= 4 is 5.78 Å². The van der Waals surface area contributed by atoms with Gasteiger partial charge in [-0.05, 0) is 32.0 Å². The fourth-order valence-corrected chi connectivity index (χ4v) is 1.24. The van der Waals surface area contributed by atoms with E-state index in [0.29, 0.717) is 12.4 Å². The van der Waals surface area contributed by atoms with Crippen molar-refractivity contribution < 1.29 is 18.3 Å². The van der Waals surface area contributed by atoms with Gasteiger partial charge in [-0.1, -0.05) is 0 Å². The zero-order valence-corrected chi connectivity index (χ0v) is 8.59. The highest BCUT2D eigenvalue weighted by Gasteiger charge is 2.13. The average Bonchev–Trinajstić information content (AvgIpc) is 2.18. The summed E-state index contributed by atoms with van der Waals surface area (Å²) in [6, 6.07) is 3.85. The summed E-state index contributed by atoms with van der Waals surface area (Å²) in [5, 5.41) is 0. The Kier molecular flexibility index (Phi) is 3.77. The molecule has 1 aromatic rings. The van der Waals surface area contributed by atoms with Crippen LogP contribution in [-0.2, 0) is 0 Å². The molecule has 0 radical (unpaired) electrons. The van der Waals surface area contributed by atoms with Crippen molar-refractivity contribution in [2.45, 2.75) is 20.3 Å². The van der Waals surface area contributed by atoms with Gasteiger partial charge >= 0.3 is 0 Å². The van der Waals surface area contributed by atoms with E-state index in [1.807, 2.05) is 0 Å². The predicted octanol–water partition coefficient (Wildman–Crippen LogP) is 3.23. The minimum Gasteiger partial charge on any atom is -0.493 e. The van der Waals surface area contributed by atoms with Crippen molar-refractivity contribution in [2.24, 2.45) is 0 Å². The molecule has 0 heterocycles. The number of alkyl halides is 2. The number of ketones is 1. The standard InChI is InChI=1S/C11H12F2O2/c1-3-15-10-5-4-8(11(12)13)6-9(10)7(2)14/h4-6,11H,3H2,1-2H3. The molecular weight excluding hydrogens is 202 g/mol. The molecule has 0 aliphatic carbocycles. The van der Waals surface area contributed by atoms with Crippen molar-refractivity contribution in [2.75, 3.05) is 6.61 Å². The lowest BCUT2D eigenvalue weighted by Crippen LogP contribution is -2.01. The number of rotatable bonds is 4. The second-order valence-electron chi connectivity index (χ2n) is 3.05. The van der Waals surface area contributed by atoms with Gasteiger partial charge in [-0.15, -0.1) is 0 Å². The SMILES string of the molecule is CCOc1ccc(C(F)F)cc1C(C)=O. The second-order valence-corrected chi connectivity index (χ2v) is 3.05. The lowest BCUT2D eigenvalue weighted by molar-refractivity contribution is 0.101. The van der Waals surface area contributed by atoms with Crippen LogP contribution in [0.3, 0.4) is 0 Å². The number of Topliss-reactive ketones (excluding diaryl/α,β-unsaturated/α-hetero) is 1. The van der Waals surface area contributed by atoms with Crippen LogP contribution in [0.25, 0.3) is 0 Å². The van der Waals surface area contributed by atoms with E-state index in [4.69, 9.17) is 4.74 Å². The number of ether oxygens (including phenoxy) is 1. The quantitative estimate of drug-likeness (QED) is 0.719. The van der Waals surface area contributed by atoms with Crippen molar-refractivity contribution in [3.8, 4) is 5.75 Å². The fourth-order valence-electron chi connectivity index (χ4n) is 1.24. The summed E-state index contributed by atoms with van der Waals surface area (Å²) in [6.07, 6.45) is -2.57. The van der Waals surface area contributed by atoms with Gasteiger partial charge in [0.25, 0.3) is 6.43 Å². The lowest BCUT2D eigenvalue weighted by atomic mass is 10.1. The monoisotopic (exact) mass is 214 g/mol. The third-order valence-corrected chi connectivity index (χ3v) is 1.93. The van der Waals surface area contributed by atoms with Crippen molar-refractivity contribution in [3.63, 3.8) is 0 Å². The third-order valence-electron chi connectivity index (χ3n) is 1.93. The molecule has 4 heteroatoms. The molecular formula is C11H12F2O2. The van der Waals surface area contributed by atoms with Crippen LogP contribution < -0.4 is 4.74 Å². The second kappa shape index (κ2) is 4.87. The first-order chi connectivity index (χ1) is 7.06. The maximum absolute atomic E-state index is 12.4. The molecule has 0 fully saturated rings.